The molecule has 2 aliphatic heterocycles. The Hall–Kier alpha value is -2.01. The van der Waals surface area contributed by atoms with E-state index in [1.54, 1.807) is 12.4 Å². The first-order chi connectivity index (χ1) is 11.4. The van der Waals surface area contributed by atoms with Crippen LogP contribution in [0.1, 0.15) is 25.7 Å². The highest BCUT2D eigenvalue weighted by molar-refractivity contribution is 5.58. The normalized spacial score (nSPS) is 20.1. The van der Waals surface area contributed by atoms with E-state index < -0.39 is 0 Å². The summed E-state index contributed by atoms with van der Waals surface area (Å²) in [6.45, 7) is 4.77. The smallest absolute Gasteiger partial charge is 0.151 e. The van der Waals surface area contributed by atoms with Crippen molar-refractivity contribution in [2.75, 3.05) is 31.1 Å². The lowest BCUT2D eigenvalue weighted by molar-refractivity contribution is 0.207. The molecular weight excluding hydrogens is 286 g/mol. The SMILES string of the molecule is c1cc(-c2ccc(N3CCC(N4CCCC4)CC3)nn2)ccn1. The third-order valence-corrected chi connectivity index (χ3v) is 5.07. The molecule has 2 saturated heterocycles. The highest BCUT2D eigenvalue weighted by Crippen LogP contribution is 2.24. The van der Waals surface area contributed by atoms with Crippen LogP contribution in [0.5, 0.6) is 0 Å². The van der Waals surface area contributed by atoms with Crippen LogP contribution in [-0.4, -0.2) is 52.3 Å². The average molecular weight is 309 g/mol. The maximum Gasteiger partial charge on any atom is 0.151 e. The van der Waals surface area contributed by atoms with Crippen molar-refractivity contribution in [3.05, 3.63) is 36.7 Å². The Bertz CT molecular complexity index is 614. The van der Waals surface area contributed by atoms with E-state index in [0.29, 0.717) is 0 Å². The number of rotatable bonds is 3. The van der Waals surface area contributed by atoms with E-state index in [1.807, 2.05) is 12.1 Å². The molecule has 2 aliphatic rings. The van der Waals surface area contributed by atoms with Crippen LogP contribution >= 0.6 is 0 Å². The molecule has 120 valence electrons. The number of anilines is 1. The molecule has 0 aromatic carbocycles. The zero-order valence-corrected chi connectivity index (χ0v) is 13.4. The number of piperidine rings is 1. The summed E-state index contributed by atoms with van der Waals surface area (Å²) in [4.78, 5) is 9.09. The Kier molecular flexibility index (Phi) is 4.20. The second-order valence-electron chi connectivity index (χ2n) is 6.47. The van der Waals surface area contributed by atoms with Gasteiger partial charge < -0.3 is 9.80 Å². The first kappa shape index (κ1) is 14.6. The molecule has 23 heavy (non-hydrogen) atoms. The lowest BCUT2D eigenvalue weighted by Crippen LogP contribution is -2.44. The van der Waals surface area contributed by atoms with E-state index >= 15 is 0 Å². The average Bonchev–Trinajstić information content (AvgIpc) is 3.18. The maximum absolute atomic E-state index is 4.44. The van der Waals surface area contributed by atoms with Gasteiger partial charge in [-0.25, -0.2) is 0 Å². The molecule has 0 atom stereocenters. The summed E-state index contributed by atoms with van der Waals surface area (Å²) in [6, 6.07) is 8.86. The van der Waals surface area contributed by atoms with Crippen molar-refractivity contribution in [3.63, 3.8) is 0 Å². The topological polar surface area (TPSA) is 45.2 Å². The van der Waals surface area contributed by atoms with Crippen LogP contribution in [0.4, 0.5) is 5.82 Å². The van der Waals surface area contributed by atoms with Crippen LogP contribution < -0.4 is 4.90 Å². The molecule has 2 aromatic rings. The number of hydrogen-bond donors (Lipinski definition) is 0. The Morgan fingerprint density at radius 2 is 1.57 bits per heavy atom. The second kappa shape index (κ2) is 6.62. The summed E-state index contributed by atoms with van der Waals surface area (Å²) < 4.78 is 0. The summed E-state index contributed by atoms with van der Waals surface area (Å²) in [5.41, 5.74) is 1.97. The largest absolute Gasteiger partial charge is 0.355 e. The summed E-state index contributed by atoms with van der Waals surface area (Å²) in [7, 11) is 0. The number of pyridine rings is 1. The van der Waals surface area contributed by atoms with Gasteiger partial charge in [-0.2, -0.15) is 0 Å². The molecule has 0 unspecified atom stereocenters. The van der Waals surface area contributed by atoms with Crippen molar-refractivity contribution in [1.29, 1.82) is 0 Å². The molecule has 0 aliphatic carbocycles. The minimum absolute atomic E-state index is 0.776. The molecular formula is C18H23N5. The van der Waals surface area contributed by atoms with Gasteiger partial charge in [0.1, 0.15) is 0 Å². The third kappa shape index (κ3) is 3.20. The molecule has 5 heteroatoms. The van der Waals surface area contributed by atoms with E-state index in [-0.39, 0.29) is 0 Å². The second-order valence-corrected chi connectivity index (χ2v) is 6.47. The van der Waals surface area contributed by atoms with Crippen LogP contribution in [0.3, 0.4) is 0 Å². The zero-order valence-electron chi connectivity index (χ0n) is 13.4. The lowest BCUT2D eigenvalue weighted by Gasteiger charge is -2.37. The van der Waals surface area contributed by atoms with Gasteiger partial charge in [0.15, 0.2) is 5.82 Å². The summed E-state index contributed by atoms with van der Waals surface area (Å²) in [5, 5.41) is 8.83. The van der Waals surface area contributed by atoms with E-state index in [2.05, 4.69) is 37.1 Å². The Morgan fingerprint density at radius 1 is 0.826 bits per heavy atom. The molecule has 0 saturated carbocycles. The van der Waals surface area contributed by atoms with E-state index in [4.69, 9.17) is 0 Å². The third-order valence-electron chi connectivity index (χ3n) is 5.07. The van der Waals surface area contributed by atoms with Crippen molar-refractivity contribution in [2.24, 2.45) is 0 Å². The molecule has 4 heterocycles. The Labute approximate surface area is 137 Å². The predicted molar refractivity (Wildman–Crippen MR) is 91.3 cm³/mol. The Morgan fingerprint density at radius 3 is 2.22 bits per heavy atom. The fourth-order valence-electron chi connectivity index (χ4n) is 3.74. The maximum atomic E-state index is 4.44. The van der Waals surface area contributed by atoms with Crippen LogP contribution in [0.25, 0.3) is 11.3 Å². The van der Waals surface area contributed by atoms with Gasteiger partial charge in [-0.05, 0) is 63.0 Å². The van der Waals surface area contributed by atoms with Crippen LogP contribution in [0.2, 0.25) is 0 Å². The van der Waals surface area contributed by atoms with Gasteiger partial charge in [-0.1, -0.05) is 0 Å². The summed E-state index contributed by atoms with van der Waals surface area (Å²) >= 11 is 0. The molecule has 0 bridgehead atoms. The molecule has 0 amide bonds. The number of aromatic nitrogens is 3. The highest BCUT2D eigenvalue weighted by Gasteiger charge is 2.26. The number of likely N-dealkylation sites (tertiary alicyclic amines) is 1. The quantitative estimate of drug-likeness (QED) is 0.872. The molecule has 5 nitrogen and oxygen atoms in total. The van der Waals surface area contributed by atoms with Gasteiger partial charge in [-0.15, -0.1) is 10.2 Å². The van der Waals surface area contributed by atoms with Gasteiger partial charge >= 0.3 is 0 Å². The molecule has 2 aromatic heterocycles. The Balaban J connectivity index is 1.39. The van der Waals surface area contributed by atoms with Gasteiger partial charge in [0.2, 0.25) is 0 Å². The van der Waals surface area contributed by atoms with E-state index in [0.717, 1.165) is 36.2 Å². The number of hydrogen-bond acceptors (Lipinski definition) is 5. The standard InChI is InChI=1S/C18H23N5/c1-2-12-22(11-1)16-7-13-23(14-8-16)18-4-3-17(20-21-18)15-5-9-19-10-6-15/h3-6,9-10,16H,1-2,7-8,11-14H2. The molecule has 0 N–H and O–H groups in total. The van der Waals surface area contributed by atoms with Crippen LogP contribution in [-0.2, 0) is 0 Å². The minimum atomic E-state index is 0.776. The summed E-state index contributed by atoms with van der Waals surface area (Å²) in [6.07, 6.45) is 8.81. The van der Waals surface area contributed by atoms with Crippen molar-refractivity contribution in [1.82, 2.24) is 20.1 Å². The number of nitrogens with zero attached hydrogens (tertiary/aromatic N) is 5. The van der Waals surface area contributed by atoms with Crippen molar-refractivity contribution in [3.8, 4) is 11.3 Å². The van der Waals surface area contributed by atoms with Crippen molar-refractivity contribution in [2.45, 2.75) is 31.7 Å². The molecule has 0 spiro atoms. The fourth-order valence-corrected chi connectivity index (χ4v) is 3.74. The first-order valence-electron chi connectivity index (χ1n) is 8.63. The van der Waals surface area contributed by atoms with Crippen molar-refractivity contribution >= 4 is 5.82 Å². The lowest BCUT2D eigenvalue weighted by atomic mass is 10.0. The van der Waals surface area contributed by atoms with Gasteiger partial charge in [-0.3, -0.25) is 4.98 Å². The van der Waals surface area contributed by atoms with E-state index in [9.17, 15) is 0 Å². The van der Waals surface area contributed by atoms with Crippen molar-refractivity contribution < 1.29 is 0 Å². The highest BCUT2D eigenvalue weighted by atomic mass is 15.3. The van der Waals surface area contributed by atoms with Crippen LogP contribution in [0.15, 0.2) is 36.7 Å². The predicted octanol–water partition coefficient (Wildman–Crippen LogP) is 2.60. The molecule has 0 radical (unpaired) electrons. The van der Waals surface area contributed by atoms with Gasteiger partial charge in [0, 0.05) is 37.1 Å². The fraction of sp³-hybridized carbons (Fsp3) is 0.500. The molecule has 4 rings (SSSR count). The summed E-state index contributed by atoms with van der Waals surface area (Å²) in [5.74, 6) is 1.00. The zero-order chi connectivity index (χ0) is 15.5. The minimum Gasteiger partial charge on any atom is -0.355 e. The monoisotopic (exact) mass is 309 g/mol. The molecule has 2 fully saturated rings. The van der Waals surface area contributed by atoms with Gasteiger partial charge in [0.25, 0.3) is 0 Å². The first-order valence-corrected chi connectivity index (χ1v) is 8.63. The van der Waals surface area contributed by atoms with Gasteiger partial charge in [0.05, 0.1) is 5.69 Å². The van der Waals surface area contributed by atoms with E-state index in [1.165, 1.54) is 38.8 Å². The van der Waals surface area contributed by atoms with Crippen LogP contribution in [0, 0.1) is 0 Å².